The van der Waals surface area contributed by atoms with Crippen molar-refractivity contribution in [2.75, 3.05) is 34.0 Å². The van der Waals surface area contributed by atoms with E-state index in [-0.39, 0.29) is 11.3 Å². The fraction of sp³-hybridized carbons (Fsp3) is 0.435. The fourth-order valence-electron chi connectivity index (χ4n) is 3.79. The van der Waals surface area contributed by atoms with Crippen LogP contribution in [0.2, 0.25) is 0 Å². The van der Waals surface area contributed by atoms with Crippen LogP contribution < -0.4 is 14.8 Å². The molecule has 0 saturated carbocycles. The molecule has 1 saturated heterocycles. The standard InChI is InChI=1S/C23H29NO4/c1-26-19-10-7-18(8-11-19)9-12-22(25)24-17-23(13-15-28-16-14-23)20-5-3-4-6-21(20)27-2/h3-8,10-11H,9,12-17H2,1-2H3,(H,24,25). The molecular weight excluding hydrogens is 354 g/mol. The lowest BCUT2D eigenvalue weighted by molar-refractivity contribution is -0.121. The highest BCUT2D eigenvalue weighted by Crippen LogP contribution is 2.39. The van der Waals surface area contributed by atoms with Crippen molar-refractivity contribution in [2.45, 2.75) is 31.1 Å². The second kappa shape index (κ2) is 9.60. The highest BCUT2D eigenvalue weighted by Gasteiger charge is 2.37. The van der Waals surface area contributed by atoms with Crippen molar-refractivity contribution in [1.29, 1.82) is 0 Å². The largest absolute Gasteiger partial charge is 0.497 e. The molecule has 0 unspecified atom stereocenters. The Labute approximate surface area is 167 Å². The molecule has 5 heteroatoms. The van der Waals surface area contributed by atoms with E-state index in [4.69, 9.17) is 14.2 Å². The van der Waals surface area contributed by atoms with Gasteiger partial charge in [-0.1, -0.05) is 30.3 Å². The minimum atomic E-state index is -0.152. The van der Waals surface area contributed by atoms with E-state index in [9.17, 15) is 4.79 Å². The highest BCUT2D eigenvalue weighted by atomic mass is 16.5. The molecular formula is C23H29NO4. The van der Waals surface area contributed by atoms with Crippen LogP contribution in [0, 0.1) is 0 Å². The van der Waals surface area contributed by atoms with E-state index < -0.39 is 0 Å². The molecule has 5 nitrogen and oxygen atoms in total. The van der Waals surface area contributed by atoms with Crippen molar-refractivity contribution in [3.63, 3.8) is 0 Å². The Morgan fingerprint density at radius 1 is 1.04 bits per heavy atom. The molecule has 2 aromatic carbocycles. The summed E-state index contributed by atoms with van der Waals surface area (Å²) in [5, 5.41) is 3.16. The number of rotatable bonds is 8. The van der Waals surface area contributed by atoms with Gasteiger partial charge in [0, 0.05) is 37.2 Å². The molecule has 0 spiro atoms. The summed E-state index contributed by atoms with van der Waals surface area (Å²) in [7, 11) is 3.34. The van der Waals surface area contributed by atoms with Crippen molar-refractivity contribution in [3.05, 3.63) is 59.7 Å². The third-order valence-corrected chi connectivity index (χ3v) is 5.55. The van der Waals surface area contributed by atoms with E-state index >= 15 is 0 Å². The van der Waals surface area contributed by atoms with Crippen LogP contribution >= 0.6 is 0 Å². The first kappa shape index (κ1) is 20.2. The lowest BCUT2D eigenvalue weighted by atomic mass is 9.73. The van der Waals surface area contributed by atoms with Crippen LogP contribution in [0.15, 0.2) is 48.5 Å². The van der Waals surface area contributed by atoms with Crippen LogP contribution in [-0.4, -0.2) is 39.9 Å². The molecule has 2 aromatic rings. The molecule has 1 N–H and O–H groups in total. The lowest BCUT2D eigenvalue weighted by Gasteiger charge is -2.38. The summed E-state index contributed by atoms with van der Waals surface area (Å²) in [5.74, 6) is 1.76. The van der Waals surface area contributed by atoms with Gasteiger partial charge in [0.2, 0.25) is 5.91 Å². The van der Waals surface area contributed by atoms with Gasteiger partial charge >= 0.3 is 0 Å². The van der Waals surface area contributed by atoms with E-state index in [1.54, 1.807) is 14.2 Å². The zero-order valence-corrected chi connectivity index (χ0v) is 16.7. The maximum Gasteiger partial charge on any atom is 0.220 e. The second-order valence-electron chi connectivity index (χ2n) is 7.22. The van der Waals surface area contributed by atoms with Gasteiger partial charge in [0.05, 0.1) is 14.2 Å². The predicted molar refractivity (Wildman–Crippen MR) is 109 cm³/mol. The number of amides is 1. The summed E-state index contributed by atoms with van der Waals surface area (Å²) in [6.07, 6.45) is 2.91. The zero-order valence-electron chi connectivity index (χ0n) is 16.7. The van der Waals surface area contributed by atoms with E-state index in [0.717, 1.165) is 35.5 Å². The number of aryl methyl sites for hydroxylation is 1. The molecule has 1 amide bonds. The fourth-order valence-corrected chi connectivity index (χ4v) is 3.79. The number of ether oxygens (including phenoxy) is 3. The van der Waals surface area contributed by atoms with Crippen LogP contribution in [0.1, 0.15) is 30.4 Å². The predicted octanol–water partition coefficient (Wildman–Crippen LogP) is 3.50. The number of methoxy groups -OCH3 is 2. The van der Waals surface area contributed by atoms with Gasteiger partial charge in [0.1, 0.15) is 11.5 Å². The van der Waals surface area contributed by atoms with E-state index in [0.29, 0.717) is 32.6 Å². The van der Waals surface area contributed by atoms with Crippen LogP contribution in [0.3, 0.4) is 0 Å². The number of carbonyl (C=O) groups excluding carboxylic acids is 1. The number of hydrogen-bond donors (Lipinski definition) is 1. The topological polar surface area (TPSA) is 56.8 Å². The minimum absolute atomic E-state index is 0.0663. The maximum atomic E-state index is 12.5. The summed E-state index contributed by atoms with van der Waals surface area (Å²) < 4.78 is 16.4. The Morgan fingerprint density at radius 2 is 1.75 bits per heavy atom. The van der Waals surface area contributed by atoms with Crippen molar-refractivity contribution < 1.29 is 19.0 Å². The van der Waals surface area contributed by atoms with E-state index in [1.807, 2.05) is 42.5 Å². The van der Waals surface area contributed by atoms with Gasteiger partial charge in [-0.3, -0.25) is 4.79 Å². The van der Waals surface area contributed by atoms with Gasteiger partial charge < -0.3 is 19.5 Å². The lowest BCUT2D eigenvalue weighted by Crippen LogP contribution is -2.44. The Morgan fingerprint density at radius 3 is 2.43 bits per heavy atom. The first-order chi connectivity index (χ1) is 13.7. The van der Waals surface area contributed by atoms with Crippen LogP contribution in [-0.2, 0) is 21.4 Å². The number of hydrogen-bond acceptors (Lipinski definition) is 4. The number of nitrogens with one attached hydrogen (secondary N) is 1. The van der Waals surface area contributed by atoms with E-state index in [1.165, 1.54) is 0 Å². The van der Waals surface area contributed by atoms with Crippen LogP contribution in [0.4, 0.5) is 0 Å². The number of benzene rings is 2. The van der Waals surface area contributed by atoms with Gasteiger partial charge in [0.15, 0.2) is 0 Å². The third-order valence-electron chi connectivity index (χ3n) is 5.55. The van der Waals surface area contributed by atoms with Crippen molar-refractivity contribution >= 4 is 5.91 Å². The second-order valence-corrected chi connectivity index (χ2v) is 7.22. The first-order valence-corrected chi connectivity index (χ1v) is 9.78. The van der Waals surface area contributed by atoms with E-state index in [2.05, 4.69) is 11.4 Å². The Balaban J connectivity index is 1.62. The smallest absolute Gasteiger partial charge is 0.220 e. The molecule has 1 aliphatic heterocycles. The third kappa shape index (κ3) is 4.84. The SMILES string of the molecule is COc1ccc(CCC(=O)NCC2(c3ccccc3OC)CCOCC2)cc1. The van der Waals surface area contributed by atoms with Crippen molar-refractivity contribution in [1.82, 2.24) is 5.32 Å². The molecule has 0 radical (unpaired) electrons. The first-order valence-electron chi connectivity index (χ1n) is 9.78. The molecule has 1 heterocycles. The Bertz CT molecular complexity index is 766. The average molecular weight is 383 g/mol. The molecule has 3 rings (SSSR count). The Hall–Kier alpha value is -2.53. The van der Waals surface area contributed by atoms with Crippen LogP contribution in [0.25, 0.3) is 0 Å². The summed E-state index contributed by atoms with van der Waals surface area (Å²) >= 11 is 0. The Kier molecular flexibility index (Phi) is 6.93. The van der Waals surface area contributed by atoms with Gasteiger partial charge in [0.25, 0.3) is 0 Å². The molecule has 28 heavy (non-hydrogen) atoms. The quantitative estimate of drug-likeness (QED) is 0.758. The number of para-hydroxylation sites is 1. The normalized spacial score (nSPS) is 15.6. The monoisotopic (exact) mass is 383 g/mol. The van der Waals surface area contributed by atoms with Crippen LogP contribution in [0.5, 0.6) is 11.5 Å². The zero-order chi connectivity index (χ0) is 19.8. The summed E-state index contributed by atoms with van der Waals surface area (Å²) in [6.45, 7) is 1.98. The molecule has 1 aliphatic rings. The molecule has 0 aliphatic carbocycles. The van der Waals surface area contributed by atoms with Gasteiger partial charge in [-0.15, -0.1) is 0 Å². The average Bonchev–Trinajstić information content (AvgIpc) is 2.77. The van der Waals surface area contributed by atoms with Gasteiger partial charge in [-0.05, 0) is 43.0 Å². The molecule has 1 fully saturated rings. The summed E-state index contributed by atoms with van der Waals surface area (Å²) in [6, 6.07) is 15.9. The number of carbonyl (C=O) groups is 1. The highest BCUT2D eigenvalue weighted by molar-refractivity contribution is 5.76. The summed E-state index contributed by atoms with van der Waals surface area (Å²) in [5.41, 5.74) is 2.12. The van der Waals surface area contributed by atoms with Gasteiger partial charge in [-0.2, -0.15) is 0 Å². The maximum absolute atomic E-state index is 12.5. The molecule has 0 aromatic heterocycles. The molecule has 150 valence electrons. The molecule has 0 bridgehead atoms. The molecule has 0 atom stereocenters. The summed E-state index contributed by atoms with van der Waals surface area (Å²) in [4.78, 5) is 12.5. The van der Waals surface area contributed by atoms with Gasteiger partial charge in [-0.25, -0.2) is 0 Å². The minimum Gasteiger partial charge on any atom is -0.497 e. The van der Waals surface area contributed by atoms with Crippen molar-refractivity contribution in [3.8, 4) is 11.5 Å². The van der Waals surface area contributed by atoms with Crippen molar-refractivity contribution in [2.24, 2.45) is 0 Å².